The number of epoxide rings is 1. The Bertz CT molecular complexity index is 967. The lowest BCUT2D eigenvalue weighted by Gasteiger charge is -2.30. The number of allylic oxidation sites excluding steroid dienone is 3. The van der Waals surface area contributed by atoms with Crippen LogP contribution in [0.15, 0.2) is 41.0 Å². The Labute approximate surface area is 191 Å². The lowest BCUT2D eigenvalue weighted by atomic mass is 9.86. The number of hydrogen-bond acceptors (Lipinski definition) is 5. The number of hydrogen-bond donors (Lipinski definition) is 2. The van der Waals surface area contributed by atoms with Crippen LogP contribution in [0.2, 0.25) is 0 Å². The molecular formula is C27H36O5. The molecule has 32 heavy (non-hydrogen) atoms. The molecule has 174 valence electrons. The number of benzene rings is 1. The molecule has 1 unspecified atom stereocenters. The third-order valence-corrected chi connectivity index (χ3v) is 7.65. The van der Waals surface area contributed by atoms with Crippen LogP contribution in [0.25, 0.3) is 0 Å². The van der Waals surface area contributed by atoms with E-state index in [9.17, 15) is 15.0 Å². The van der Waals surface area contributed by atoms with Crippen molar-refractivity contribution in [1.29, 1.82) is 0 Å². The molecule has 0 saturated carbocycles. The molecule has 1 fully saturated rings. The number of phenols is 1. The van der Waals surface area contributed by atoms with Crippen molar-refractivity contribution in [1.82, 2.24) is 0 Å². The van der Waals surface area contributed by atoms with Crippen molar-refractivity contribution in [2.24, 2.45) is 5.92 Å². The molecule has 1 aromatic rings. The predicted molar refractivity (Wildman–Crippen MR) is 124 cm³/mol. The summed E-state index contributed by atoms with van der Waals surface area (Å²) >= 11 is 0. The van der Waals surface area contributed by atoms with E-state index in [-0.39, 0.29) is 17.5 Å². The largest absolute Gasteiger partial charge is 0.508 e. The zero-order valence-corrected chi connectivity index (χ0v) is 19.9. The number of aromatic hydroxyl groups is 1. The van der Waals surface area contributed by atoms with Crippen LogP contribution in [0.1, 0.15) is 82.6 Å². The van der Waals surface area contributed by atoms with Gasteiger partial charge in [-0.25, -0.2) is 4.79 Å². The minimum atomic E-state index is -1.17. The topological polar surface area (TPSA) is 79.3 Å². The Balaban J connectivity index is 1.71. The predicted octanol–water partition coefficient (Wildman–Crippen LogP) is 5.25. The first-order valence-electron chi connectivity index (χ1n) is 11.8. The fourth-order valence-corrected chi connectivity index (χ4v) is 5.24. The van der Waals surface area contributed by atoms with E-state index in [0.717, 1.165) is 24.8 Å². The van der Waals surface area contributed by atoms with Gasteiger partial charge >= 0.3 is 5.97 Å². The summed E-state index contributed by atoms with van der Waals surface area (Å²) in [4.78, 5) is 13.0. The average Bonchev–Trinajstić information content (AvgIpc) is 3.23. The van der Waals surface area contributed by atoms with Crippen molar-refractivity contribution in [2.75, 3.05) is 0 Å². The van der Waals surface area contributed by atoms with Gasteiger partial charge in [0.2, 0.25) is 0 Å². The maximum Gasteiger partial charge on any atom is 0.338 e. The van der Waals surface area contributed by atoms with Crippen molar-refractivity contribution in [3.63, 3.8) is 0 Å². The minimum Gasteiger partial charge on any atom is -0.508 e. The molecule has 3 aliphatic rings. The number of phenolic OH excluding ortho intramolecular Hbond substituents is 1. The highest BCUT2D eigenvalue weighted by atomic mass is 16.6. The molecule has 1 aromatic carbocycles. The molecule has 1 saturated heterocycles. The lowest BCUT2D eigenvalue weighted by Crippen LogP contribution is -2.40. The minimum absolute atomic E-state index is 0.148. The van der Waals surface area contributed by atoms with Crippen LogP contribution in [0.4, 0.5) is 0 Å². The summed E-state index contributed by atoms with van der Waals surface area (Å²) in [6, 6.07) is 4.90. The second-order valence-corrected chi connectivity index (χ2v) is 10.6. The highest BCUT2D eigenvalue weighted by Gasteiger charge is 2.51. The summed E-state index contributed by atoms with van der Waals surface area (Å²) in [6.45, 7) is 9.81. The van der Waals surface area contributed by atoms with Gasteiger partial charge in [0, 0.05) is 5.92 Å². The van der Waals surface area contributed by atoms with Gasteiger partial charge in [0.05, 0.1) is 22.9 Å². The van der Waals surface area contributed by atoms with E-state index in [2.05, 4.69) is 26.8 Å². The van der Waals surface area contributed by atoms with Crippen LogP contribution in [0, 0.1) is 5.92 Å². The van der Waals surface area contributed by atoms with Crippen LogP contribution in [0.5, 0.6) is 5.75 Å². The molecule has 0 spiro atoms. The van der Waals surface area contributed by atoms with Gasteiger partial charge in [-0.05, 0) is 96.9 Å². The molecule has 2 heterocycles. The highest BCUT2D eigenvalue weighted by molar-refractivity contribution is 5.90. The molecule has 0 radical (unpaired) electrons. The van der Waals surface area contributed by atoms with Gasteiger partial charge in [-0.1, -0.05) is 22.8 Å². The van der Waals surface area contributed by atoms with Crippen molar-refractivity contribution < 1.29 is 24.5 Å². The molecule has 1 aliphatic carbocycles. The first-order valence-corrected chi connectivity index (χ1v) is 11.8. The van der Waals surface area contributed by atoms with Crippen LogP contribution < -0.4 is 0 Å². The molecule has 2 aliphatic heterocycles. The fraction of sp³-hybridized carbons (Fsp3) is 0.593. The van der Waals surface area contributed by atoms with Gasteiger partial charge in [0.1, 0.15) is 11.9 Å². The van der Waals surface area contributed by atoms with Crippen molar-refractivity contribution >= 4 is 5.97 Å². The van der Waals surface area contributed by atoms with E-state index in [0.29, 0.717) is 30.7 Å². The Kier molecular flexibility index (Phi) is 6.01. The molecule has 2 N–H and O–H groups in total. The van der Waals surface area contributed by atoms with Gasteiger partial charge in [-0.2, -0.15) is 0 Å². The summed E-state index contributed by atoms with van der Waals surface area (Å²) < 4.78 is 11.8. The van der Waals surface area contributed by atoms with Crippen LogP contribution in [-0.2, 0) is 15.9 Å². The maximum absolute atomic E-state index is 13.0. The normalized spacial score (nSPS) is 31.5. The Morgan fingerprint density at radius 3 is 2.66 bits per heavy atom. The monoisotopic (exact) mass is 440 g/mol. The Morgan fingerprint density at radius 2 is 1.94 bits per heavy atom. The SMILES string of the molecule is CC1=CC[C@@H]2O[C@@]2(C)CC[C@@H](C(C)(C)O)OC(=O)c2ccc(O)c(c2)CC2=C(C)CCC12. The van der Waals surface area contributed by atoms with E-state index in [1.165, 1.54) is 16.7 Å². The van der Waals surface area contributed by atoms with Crippen LogP contribution in [-0.4, -0.2) is 39.6 Å². The number of carbonyl (C=O) groups excluding carboxylic acids is 1. The summed E-state index contributed by atoms with van der Waals surface area (Å²) in [6.07, 6.45) is 6.65. The third-order valence-electron chi connectivity index (χ3n) is 7.65. The van der Waals surface area contributed by atoms with Gasteiger partial charge in [0.15, 0.2) is 0 Å². The Morgan fingerprint density at radius 1 is 1.19 bits per heavy atom. The van der Waals surface area contributed by atoms with Gasteiger partial charge < -0.3 is 19.7 Å². The molecule has 2 bridgehead atoms. The standard InChI is InChI=1S/C27H36O5/c1-16-7-11-24-27(5,32-24)13-12-23(26(3,4)30)31-25(29)18-8-10-22(28)19(14-18)15-21-17(2)6-9-20(16)21/h7-8,10,14,20,23-24,28,30H,6,9,11-13,15H2,1-5H3/t20?,23-,24-,27-/m0/s1. The van der Waals surface area contributed by atoms with E-state index in [4.69, 9.17) is 9.47 Å². The molecule has 5 heteroatoms. The summed E-state index contributed by atoms with van der Waals surface area (Å²) in [5.41, 5.74) is 3.76. The first kappa shape index (κ1) is 23.1. The van der Waals surface area contributed by atoms with Crippen LogP contribution in [0.3, 0.4) is 0 Å². The lowest BCUT2D eigenvalue weighted by molar-refractivity contribution is -0.0694. The average molecular weight is 441 g/mol. The fourth-order valence-electron chi connectivity index (χ4n) is 5.24. The van der Waals surface area contributed by atoms with E-state index >= 15 is 0 Å². The summed E-state index contributed by atoms with van der Waals surface area (Å²) in [7, 11) is 0. The molecular weight excluding hydrogens is 404 g/mol. The van der Waals surface area contributed by atoms with E-state index < -0.39 is 17.7 Å². The smallest absolute Gasteiger partial charge is 0.338 e. The van der Waals surface area contributed by atoms with E-state index in [1.807, 2.05) is 0 Å². The summed E-state index contributed by atoms with van der Waals surface area (Å²) in [5, 5.41) is 21.2. The summed E-state index contributed by atoms with van der Waals surface area (Å²) in [5.74, 6) is 0.0764. The number of aliphatic hydroxyl groups is 1. The molecule has 4 atom stereocenters. The third kappa shape index (κ3) is 4.65. The van der Waals surface area contributed by atoms with Gasteiger partial charge in [-0.3, -0.25) is 0 Å². The number of cyclic esters (lactones) is 1. The number of rotatable bonds is 1. The number of carbonyl (C=O) groups is 1. The second-order valence-electron chi connectivity index (χ2n) is 10.6. The molecule has 4 rings (SSSR count). The van der Waals surface area contributed by atoms with Gasteiger partial charge in [-0.15, -0.1) is 0 Å². The van der Waals surface area contributed by atoms with Crippen molar-refractivity contribution in [3.05, 3.63) is 52.1 Å². The van der Waals surface area contributed by atoms with Crippen molar-refractivity contribution in [3.8, 4) is 5.75 Å². The number of esters is 1. The first-order chi connectivity index (χ1) is 15.0. The number of ether oxygens (including phenoxy) is 2. The van der Waals surface area contributed by atoms with Gasteiger partial charge in [0.25, 0.3) is 0 Å². The van der Waals surface area contributed by atoms with Crippen molar-refractivity contribution in [2.45, 2.75) is 96.6 Å². The zero-order chi connectivity index (χ0) is 23.3. The quantitative estimate of drug-likeness (QED) is 0.354. The van der Waals surface area contributed by atoms with Crippen LogP contribution >= 0.6 is 0 Å². The highest BCUT2D eigenvalue weighted by Crippen LogP contribution is 2.45. The Hall–Kier alpha value is -2.11. The molecule has 5 nitrogen and oxygen atoms in total. The molecule has 0 amide bonds. The zero-order valence-electron chi connectivity index (χ0n) is 19.9. The second kappa shape index (κ2) is 8.35. The maximum atomic E-state index is 13.0. The van der Waals surface area contributed by atoms with E-state index in [1.54, 1.807) is 32.0 Å². The molecule has 0 aromatic heterocycles. The number of fused-ring (bicyclic) bond motifs is 4.